The van der Waals surface area contributed by atoms with Gasteiger partial charge in [0.1, 0.15) is 5.15 Å². The van der Waals surface area contributed by atoms with Crippen LogP contribution in [0, 0.1) is 6.92 Å². The van der Waals surface area contributed by atoms with Crippen LogP contribution in [0.4, 0.5) is 5.69 Å². The van der Waals surface area contributed by atoms with Crippen LogP contribution in [0.25, 0.3) is 10.2 Å². The van der Waals surface area contributed by atoms with Gasteiger partial charge in [0.15, 0.2) is 0 Å². The van der Waals surface area contributed by atoms with Gasteiger partial charge in [-0.25, -0.2) is 4.98 Å². The number of anilines is 1. The molecular formula is C20H21ClN2S. The fourth-order valence-corrected chi connectivity index (χ4v) is 5.27. The first kappa shape index (κ1) is 15.9. The van der Waals surface area contributed by atoms with Crippen molar-refractivity contribution >= 4 is 38.8 Å². The number of fused-ring (bicyclic) bond motifs is 1. The lowest BCUT2D eigenvalue weighted by molar-refractivity contribution is 0.734. The number of aryl methyl sites for hydroxylation is 1. The third-order valence-corrected chi connectivity index (χ3v) is 6.60. The molecule has 0 amide bonds. The van der Waals surface area contributed by atoms with E-state index in [1.165, 1.54) is 46.4 Å². The molecule has 2 nitrogen and oxygen atoms in total. The number of thiophene rings is 1. The van der Waals surface area contributed by atoms with Gasteiger partial charge in [0.25, 0.3) is 0 Å². The highest BCUT2D eigenvalue weighted by Gasteiger charge is 2.23. The van der Waals surface area contributed by atoms with E-state index in [0.717, 1.165) is 17.7 Å². The van der Waals surface area contributed by atoms with E-state index in [0.29, 0.717) is 11.1 Å². The molecule has 4 heteroatoms. The second-order valence-electron chi connectivity index (χ2n) is 6.58. The number of hydrogen-bond acceptors (Lipinski definition) is 3. The van der Waals surface area contributed by atoms with Gasteiger partial charge in [0, 0.05) is 17.5 Å². The van der Waals surface area contributed by atoms with Crippen molar-refractivity contribution in [1.82, 2.24) is 4.98 Å². The molecule has 24 heavy (non-hydrogen) atoms. The Morgan fingerprint density at radius 1 is 1.21 bits per heavy atom. The summed E-state index contributed by atoms with van der Waals surface area (Å²) in [5, 5.41) is 4.13. The first-order valence-corrected chi connectivity index (χ1v) is 9.79. The molecule has 1 saturated carbocycles. The van der Waals surface area contributed by atoms with Crippen molar-refractivity contribution in [2.24, 2.45) is 0 Å². The van der Waals surface area contributed by atoms with Crippen LogP contribution in [0.5, 0.6) is 0 Å². The lowest BCUT2D eigenvalue weighted by atomic mass is 10.0. The molecule has 3 aromatic rings. The zero-order chi connectivity index (χ0) is 16.5. The highest BCUT2D eigenvalue weighted by atomic mass is 35.5. The summed E-state index contributed by atoms with van der Waals surface area (Å²) in [6, 6.07) is 12.4. The number of halogens is 1. The Morgan fingerprint density at radius 3 is 2.71 bits per heavy atom. The molecule has 1 fully saturated rings. The molecule has 0 atom stereocenters. The number of nitrogens with zero attached hydrogens (tertiary/aromatic N) is 1. The van der Waals surface area contributed by atoms with Crippen LogP contribution in [0.2, 0.25) is 5.15 Å². The number of pyridine rings is 1. The number of aromatic nitrogens is 1. The van der Waals surface area contributed by atoms with Crippen LogP contribution in [-0.2, 0) is 6.54 Å². The van der Waals surface area contributed by atoms with Gasteiger partial charge in [0.2, 0.25) is 0 Å². The topological polar surface area (TPSA) is 24.9 Å². The van der Waals surface area contributed by atoms with Crippen molar-refractivity contribution in [2.45, 2.75) is 45.1 Å². The third-order valence-electron chi connectivity index (χ3n) is 4.93. The fourth-order valence-electron chi connectivity index (χ4n) is 3.66. The van der Waals surface area contributed by atoms with Crippen LogP contribution < -0.4 is 5.32 Å². The maximum absolute atomic E-state index is 6.30. The molecule has 0 aliphatic heterocycles. The highest BCUT2D eigenvalue weighted by Crippen LogP contribution is 2.44. The van der Waals surface area contributed by atoms with E-state index in [2.05, 4.69) is 41.5 Å². The second-order valence-corrected chi connectivity index (χ2v) is 8.02. The second kappa shape index (κ2) is 6.73. The molecule has 4 rings (SSSR count). The van der Waals surface area contributed by atoms with Gasteiger partial charge in [0.05, 0.1) is 15.9 Å². The predicted octanol–water partition coefficient (Wildman–Crippen LogP) is 6.53. The van der Waals surface area contributed by atoms with Gasteiger partial charge >= 0.3 is 0 Å². The fraction of sp³-hybridized carbons (Fsp3) is 0.350. The van der Waals surface area contributed by atoms with E-state index in [-0.39, 0.29) is 0 Å². The van der Waals surface area contributed by atoms with Crippen LogP contribution >= 0.6 is 22.9 Å². The Hall–Kier alpha value is -1.58. The van der Waals surface area contributed by atoms with E-state index in [1.54, 1.807) is 0 Å². The van der Waals surface area contributed by atoms with Gasteiger partial charge in [-0.1, -0.05) is 54.8 Å². The molecule has 0 saturated heterocycles. The highest BCUT2D eigenvalue weighted by molar-refractivity contribution is 7.20. The SMILES string of the molecule is Cc1c(C2CCCC2)sc2c(NCc3ccccc3)cc(Cl)nc12. The minimum Gasteiger partial charge on any atom is -0.380 e. The molecule has 1 aliphatic rings. The maximum Gasteiger partial charge on any atom is 0.131 e. The Balaban J connectivity index is 1.70. The molecule has 2 heterocycles. The average Bonchev–Trinajstić information content (AvgIpc) is 3.22. The Bertz CT molecular complexity index is 851. The van der Waals surface area contributed by atoms with Gasteiger partial charge in [-0.2, -0.15) is 0 Å². The molecule has 0 unspecified atom stereocenters. The van der Waals surface area contributed by atoms with Crippen molar-refractivity contribution < 1.29 is 0 Å². The lowest BCUT2D eigenvalue weighted by Gasteiger charge is -2.08. The van der Waals surface area contributed by atoms with Crippen molar-refractivity contribution in [2.75, 3.05) is 5.32 Å². The van der Waals surface area contributed by atoms with E-state index in [1.807, 2.05) is 23.5 Å². The van der Waals surface area contributed by atoms with Crippen LogP contribution in [0.1, 0.15) is 47.6 Å². The summed E-state index contributed by atoms with van der Waals surface area (Å²) in [5.74, 6) is 0.713. The number of rotatable bonds is 4. The minimum atomic E-state index is 0.567. The summed E-state index contributed by atoms with van der Waals surface area (Å²) in [6.07, 6.45) is 5.33. The summed E-state index contributed by atoms with van der Waals surface area (Å²) in [4.78, 5) is 6.13. The normalized spacial score (nSPS) is 15.2. The summed E-state index contributed by atoms with van der Waals surface area (Å²) in [5.41, 5.74) is 4.77. The summed E-state index contributed by atoms with van der Waals surface area (Å²) < 4.78 is 1.25. The van der Waals surface area contributed by atoms with Crippen molar-refractivity contribution in [3.63, 3.8) is 0 Å². The van der Waals surface area contributed by atoms with E-state index in [9.17, 15) is 0 Å². The average molecular weight is 357 g/mol. The minimum absolute atomic E-state index is 0.567. The Morgan fingerprint density at radius 2 is 1.96 bits per heavy atom. The van der Waals surface area contributed by atoms with E-state index < -0.39 is 0 Å². The van der Waals surface area contributed by atoms with Crippen molar-refractivity contribution in [3.05, 3.63) is 57.6 Å². The number of hydrogen-bond donors (Lipinski definition) is 1. The molecule has 2 aromatic heterocycles. The number of benzene rings is 1. The number of nitrogens with one attached hydrogen (secondary N) is 1. The van der Waals surface area contributed by atoms with Gasteiger partial charge < -0.3 is 5.32 Å². The molecule has 124 valence electrons. The maximum atomic E-state index is 6.30. The Kier molecular flexibility index (Phi) is 4.47. The quantitative estimate of drug-likeness (QED) is 0.537. The lowest BCUT2D eigenvalue weighted by Crippen LogP contribution is -1.99. The molecule has 0 bridgehead atoms. The van der Waals surface area contributed by atoms with E-state index in [4.69, 9.17) is 11.6 Å². The zero-order valence-corrected chi connectivity index (χ0v) is 15.4. The van der Waals surface area contributed by atoms with Crippen molar-refractivity contribution in [1.29, 1.82) is 0 Å². The molecular weight excluding hydrogens is 336 g/mol. The van der Waals surface area contributed by atoms with Gasteiger partial charge in [-0.05, 0) is 36.8 Å². The smallest absolute Gasteiger partial charge is 0.131 e. The standard InChI is InChI=1S/C20H21ClN2S/c1-13-18-20(24-19(13)15-9-5-6-10-15)16(11-17(21)23-18)22-12-14-7-3-2-4-8-14/h2-4,7-8,11,15H,5-6,9-10,12H2,1H3,(H,22,23). The first-order chi connectivity index (χ1) is 11.7. The molecule has 1 N–H and O–H groups in total. The molecule has 1 aromatic carbocycles. The van der Waals surface area contributed by atoms with Gasteiger partial charge in [-0.3, -0.25) is 0 Å². The van der Waals surface area contributed by atoms with Crippen molar-refractivity contribution in [3.8, 4) is 0 Å². The predicted molar refractivity (Wildman–Crippen MR) is 104 cm³/mol. The summed E-state index contributed by atoms with van der Waals surface area (Å²) in [7, 11) is 0. The summed E-state index contributed by atoms with van der Waals surface area (Å²) >= 11 is 8.21. The van der Waals surface area contributed by atoms with Crippen LogP contribution in [0.3, 0.4) is 0 Å². The van der Waals surface area contributed by atoms with Crippen LogP contribution in [-0.4, -0.2) is 4.98 Å². The largest absolute Gasteiger partial charge is 0.380 e. The first-order valence-electron chi connectivity index (χ1n) is 8.59. The van der Waals surface area contributed by atoms with Gasteiger partial charge in [-0.15, -0.1) is 11.3 Å². The third kappa shape index (κ3) is 3.03. The molecule has 1 aliphatic carbocycles. The summed E-state index contributed by atoms with van der Waals surface area (Å²) in [6.45, 7) is 3.00. The molecule has 0 spiro atoms. The molecule has 0 radical (unpaired) electrons. The monoisotopic (exact) mass is 356 g/mol. The van der Waals surface area contributed by atoms with Crippen LogP contribution in [0.15, 0.2) is 36.4 Å². The van der Waals surface area contributed by atoms with E-state index >= 15 is 0 Å². The zero-order valence-electron chi connectivity index (χ0n) is 13.8. The Labute approximate surface area is 151 Å².